The van der Waals surface area contributed by atoms with Gasteiger partial charge in [0.25, 0.3) is 0 Å². The van der Waals surface area contributed by atoms with Crippen molar-refractivity contribution in [2.45, 2.75) is 6.54 Å². The summed E-state index contributed by atoms with van der Waals surface area (Å²) in [6, 6.07) is 12.7. The largest absolute Gasteiger partial charge is 0.481 e. The van der Waals surface area contributed by atoms with E-state index in [-0.39, 0.29) is 0 Å². The van der Waals surface area contributed by atoms with Gasteiger partial charge in [0.1, 0.15) is 0 Å². The highest BCUT2D eigenvalue weighted by Crippen LogP contribution is 2.21. The number of methoxy groups -OCH3 is 1. The normalized spacial score (nSPS) is 10.7. The lowest BCUT2D eigenvalue weighted by Crippen LogP contribution is -2.02. The van der Waals surface area contributed by atoms with Crippen LogP contribution in [0.15, 0.2) is 48.7 Å². The molecule has 2 aromatic heterocycles. The molecule has 106 valence electrons. The van der Waals surface area contributed by atoms with Crippen LogP contribution in [0.3, 0.4) is 0 Å². The Kier molecular flexibility index (Phi) is 3.31. The topological polar surface area (TPSA) is 64.3 Å². The van der Waals surface area contributed by atoms with Crippen LogP contribution in [0, 0.1) is 0 Å². The summed E-state index contributed by atoms with van der Waals surface area (Å²) in [4.78, 5) is 15.6. The number of nitrogens with zero attached hydrogens (tertiary/aromatic N) is 2. The molecule has 3 aromatic rings. The van der Waals surface area contributed by atoms with E-state index in [4.69, 9.17) is 4.74 Å². The second kappa shape index (κ2) is 5.28. The Morgan fingerprint density at radius 3 is 2.81 bits per heavy atom. The summed E-state index contributed by atoms with van der Waals surface area (Å²) >= 11 is 0. The van der Waals surface area contributed by atoms with E-state index in [1.807, 2.05) is 35.0 Å². The molecule has 5 nitrogen and oxygen atoms in total. The first kappa shape index (κ1) is 13.2. The van der Waals surface area contributed by atoms with Crippen LogP contribution in [0.4, 0.5) is 0 Å². The first-order valence-corrected chi connectivity index (χ1v) is 6.50. The number of hydrogen-bond donors (Lipinski definition) is 1. The van der Waals surface area contributed by atoms with Crippen LogP contribution in [0.1, 0.15) is 16.1 Å². The van der Waals surface area contributed by atoms with E-state index >= 15 is 0 Å². The van der Waals surface area contributed by atoms with Crippen molar-refractivity contribution >= 4 is 16.9 Å². The van der Waals surface area contributed by atoms with Gasteiger partial charge in [-0.25, -0.2) is 9.78 Å². The van der Waals surface area contributed by atoms with E-state index in [0.717, 1.165) is 16.6 Å². The number of fused-ring (bicyclic) bond motifs is 1. The fraction of sp³-hybridized carbons (Fsp3) is 0.125. The molecule has 3 rings (SSSR count). The molecule has 1 aromatic carbocycles. The predicted octanol–water partition coefficient (Wildman–Crippen LogP) is 2.79. The molecule has 0 fully saturated rings. The van der Waals surface area contributed by atoms with Crippen molar-refractivity contribution in [1.29, 1.82) is 0 Å². The zero-order valence-electron chi connectivity index (χ0n) is 11.5. The van der Waals surface area contributed by atoms with Crippen molar-refractivity contribution in [1.82, 2.24) is 9.55 Å². The molecule has 0 saturated carbocycles. The van der Waals surface area contributed by atoms with E-state index in [9.17, 15) is 9.90 Å². The molecular weight excluding hydrogens is 268 g/mol. The van der Waals surface area contributed by atoms with Gasteiger partial charge >= 0.3 is 5.97 Å². The van der Waals surface area contributed by atoms with Crippen molar-refractivity contribution in [2.75, 3.05) is 7.11 Å². The Hall–Kier alpha value is -2.82. The first-order valence-electron chi connectivity index (χ1n) is 6.50. The first-order chi connectivity index (χ1) is 10.2. The highest BCUT2D eigenvalue weighted by atomic mass is 16.5. The average molecular weight is 282 g/mol. The van der Waals surface area contributed by atoms with Gasteiger partial charge in [0.05, 0.1) is 24.9 Å². The van der Waals surface area contributed by atoms with Crippen LogP contribution >= 0.6 is 0 Å². The summed E-state index contributed by atoms with van der Waals surface area (Å²) in [6.45, 7) is 0.559. The molecular formula is C16H14N2O3. The molecule has 0 spiro atoms. The third-order valence-corrected chi connectivity index (χ3v) is 3.37. The lowest BCUT2D eigenvalue weighted by Gasteiger charge is -2.07. The lowest BCUT2D eigenvalue weighted by atomic mass is 10.1. The van der Waals surface area contributed by atoms with Gasteiger partial charge in [-0.3, -0.25) is 0 Å². The Balaban J connectivity index is 2.01. The van der Waals surface area contributed by atoms with E-state index in [1.54, 1.807) is 25.3 Å². The SMILES string of the molecule is COc1cccc(Cn2ccc3c(C(=O)O)cccc32)n1. The number of carbonyl (C=O) groups is 1. The third kappa shape index (κ3) is 2.45. The highest BCUT2D eigenvalue weighted by Gasteiger charge is 2.11. The molecule has 5 heteroatoms. The van der Waals surface area contributed by atoms with E-state index < -0.39 is 5.97 Å². The maximum Gasteiger partial charge on any atom is 0.336 e. The summed E-state index contributed by atoms with van der Waals surface area (Å²) in [5, 5.41) is 9.94. The molecule has 0 aliphatic carbocycles. The summed E-state index contributed by atoms with van der Waals surface area (Å²) in [5.74, 6) is -0.354. The van der Waals surface area contributed by atoms with E-state index in [1.165, 1.54) is 0 Å². The quantitative estimate of drug-likeness (QED) is 0.799. The minimum atomic E-state index is -0.919. The van der Waals surface area contributed by atoms with Crippen LogP contribution < -0.4 is 4.74 Å². The number of aromatic carboxylic acids is 1. The average Bonchev–Trinajstić information content (AvgIpc) is 2.90. The zero-order valence-corrected chi connectivity index (χ0v) is 11.5. The summed E-state index contributed by atoms with van der Waals surface area (Å²) in [5.41, 5.74) is 2.04. The van der Waals surface area contributed by atoms with E-state index in [0.29, 0.717) is 18.0 Å². The fourth-order valence-corrected chi connectivity index (χ4v) is 2.38. The number of aromatic nitrogens is 2. The molecule has 2 heterocycles. The van der Waals surface area contributed by atoms with Gasteiger partial charge in [-0.05, 0) is 24.3 Å². The van der Waals surface area contributed by atoms with Gasteiger partial charge in [0, 0.05) is 23.2 Å². The number of benzene rings is 1. The molecule has 0 amide bonds. The third-order valence-electron chi connectivity index (χ3n) is 3.37. The maximum atomic E-state index is 11.2. The van der Waals surface area contributed by atoms with Crippen molar-refractivity contribution in [2.24, 2.45) is 0 Å². The van der Waals surface area contributed by atoms with Crippen LogP contribution in [-0.2, 0) is 6.54 Å². The molecule has 0 saturated heterocycles. The molecule has 21 heavy (non-hydrogen) atoms. The standard InChI is InChI=1S/C16H14N2O3/c1-21-15-7-2-4-11(17-15)10-18-9-8-12-13(16(19)20)5-3-6-14(12)18/h2-9H,10H2,1H3,(H,19,20). The maximum absolute atomic E-state index is 11.2. The smallest absolute Gasteiger partial charge is 0.336 e. The number of ether oxygens (including phenoxy) is 1. The molecule has 0 bridgehead atoms. The Morgan fingerprint density at radius 2 is 2.05 bits per heavy atom. The number of hydrogen-bond acceptors (Lipinski definition) is 3. The number of pyridine rings is 1. The minimum absolute atomic E-state index is 0.310. The number of carboxylic acid groups (broad SMARTS) is 1. The van der Waals surface area contributed by atoms with Crippen molar-refractivity contribution < 1.29 is 14.6 Å². The second-order valence-corrected chi connectivity index (χ2v) is 4.66. The summed E-state index contributed by atoms with van der Waals surface area (Å²) < 4.78 is 7.09. The molecule has 0 aliphatic heterocycles. The van der Waals surface area contributed by atoms with Gasteiger partial charge in [-0.1, -0.05) is 12.1 Å². The van der Waals surface area contributed by atoms with E-state index in [2.05, 4.69) is 4.98 Å². The molecule has 0 atom stereocenters. The molecule has 0 aliphatic rings. The van der Waals surface area contributed by atoms with Crippen molar-refractivity contribution in [3.8, 4) is 5.88 Å². The van der Waals surface area contributed by atoms with Gasteiger partial charge < -0.3 is 14.4 Å². The van der Waals surface area contributed by atoms with Crippen LogP contribution in [0.2, 0.25) is 0 Å². The van der Waals surface area contributed by atoms with Crippen LogP contribution in [-0.4, -0.2) is 27.7 Å². The molecule has 0 radical (unpaired) electrons. The van der Waals surface area contributed by atoms with Gasteiger partial charge in [-0.15, -0.1) is 0 Å². The molecule has 0 unspecified atom stereocenters. The predicted molar refractivity (Wildman–Crippen MR) is 78.8 cm³/mol. The Labute approximate surface area is 121 Å². The van der Waals surface area contributed by atoms with Crippen LogP contribution in [0.5, 0.6) is 5.88 Å². The fourth-order valence-electron chi connectivity index (χ4n) is 2.38. The summed E-state index contributed by atoms with van der Waals surface area (Å²) in [6.07, 6.45) is 1.87. The van der Waals surface area contributed by atoms with Gasteiger partial charge in [0.2, 0.25) is 5.88 Å². The lowest BCUT2D eigenvalue weighted by molar-refractivity contribution is 0.0699. The summed E-state index contributed by atoms with van der Waals surface area (Å²) in [7, 11) is 1.58. The minimum Gasteiger partial charge on any atom is -0.481 e. The monoisotopic (exact) mass is 282 g/mol. The number of rotatable bonds is 4. The highest BCUT2D eigenvalue weighted by molar-refractivity contribution is 6.02. The zero-order chi connectivity index (χ0) is 14.8. The Morgan fingerprint density at radius 1 is 1.24 bits per heavy atom. The molecule has 1 N–H and O–H groups in total. The van der Waals surface area contributed by atoms with Crippen LogP contribution in [0.25, 0.3) is 10.9 Å². The van der Waals surface area contributed by atoms with Crippen molar-refractivity contribution in [3.05, 3.63) is 59.9 Å². The van der Waals surface area contributed by atoms with Gasteiger partial charge in [0.15, 0.2) is 0 Å². The van der Waals surface area contributed by atoms with Gasteiger partial charge in [-0.2, -0.15) is 0 Å². The van der Waals surface area contributed by atoms with Crippen molar-refractivity contribution in [3.63, 3.8) is 0 Å². The Bertz CT molecular complexity index is 808. The second-order valence-electron chi connectivity index (χ2n) is 4.66. The number of carboxylic acids is 1.